The first-order chi connectivity index (χ1) is 9.29. The Bertz CT molecular complexity index is 635. The molecule has 5 rings (SSSR count). The minimum Gasteiger partial charge on any atom is -0.197 e. The van der Waals surface area contributed by atoms with E-state index in [1.54, 1.807) is 5.56 Å². The largest absolute Gasteiger partial charge is 0.197 e. The van der Waals surface area contributed by atoms with Crippen LogP contribution in [0.3, 0.4) is 0 Å². The second kappa shape index (κ2) is 4.02. The zero-order chi connectivity index (χ0) is 13.0. The van der Waals surface area contributed by atoms with E-state index in [4.69, 9.17) is 5.10 Å². The molecule has 1 fully saturated rings. The molecule has 3 aliphatic carbocycles. The predicted octanol–water partition coefficient (Wildman–Crippen LogP) is 3.14. The van der Waals surface area contributed by atoms with Crippen LogP contribution in [0.4, 0.5) is 0 Å². The first-order valence-corrected chi connectivity index (χ1v) is 7.54. The van der Waals surface area contributed by atoms with Gasteiger partial charge in [0.15, 0.2) is 11.5 Å². The van der Waals surface area contributed by atoms with Gasteiger partial charge in [0.25, 0.3) is 0 Å². The monoisotopic (exact) mass is 256 g/mol. The van der Waals surface area contributed by atoms with Crippen LogP contribution in [0, 0.1) is 6.92 Å². The Morgan fingerprint density at radius 1 is 1.05 bits per heavy atom. The van der Waals surface area contributed by atoms with Crippen molar-refractivity contribution in [1.29, 1.82) is 0 Å². The minimum atomic E-state index is 0.699. The van der Waals surface area contributed by atoms with Gasteiger partial charge in [-0.2, -0.15) is 9.61 Å². The van der Waals surface area contributed by atoms with E-state index in [2.05, 4.69) is 17.1 Å². The maximum atomic E-state index is 4.85. The Labute approximate surface area is 113 Å². The third-order valence-corrected chi connectivity index (χ3v) is 4.89. The van der Waals surface area contributed by atoms with Crippen LogP contribution >= 0.6 is 0 Å². The summed E-state index contributed by atoms with van der Waals surface area (Å²) in [4.78, 5) is 0. The van der Waals surface area contributed by atoms with E-state index >= 15 is 0 Å². The van der Waals surface area contributed by atoms with Crippen molar-refractivity contribution < 1.29 is 0 Å². The fourth-order valence-electron chi connectivity index (χ4n) is 4.05. The third kappa shape index (κ3) is 1.49. The van der Waals surface area contributed by atoms with Gasteiger partial charge in [-0.15, -0.1) is 10.2 Å². The van der Waals surface area contributed by atoms with E-state index in [-0.39, 0.29) is 0 Å². The molecule has 0 aliphatic heterocycles. The summed E-state index contributed by atoms with van der Waals surface area (Å²) in [6.45, 7) is 4.23. The van der Waals surface area contributed by atoms with Crippen LogP contribution in [0.1, 0.15) is 73.5 Å². The lowest BCUT2D eigenvalue weighted by Gasteiger charge is -2.39. The topological polar surface area (TPSA) is 43.1 Å². The van der Waals surface area contributed by atoms with Crippen LogP contribution in [-0.4, -0.2) is 19.8 Å². The standard InChI is InChI=1S/C15H20N4/c1-3-4-12-13-10-5-7-11(8-6-10)14(13)15-17-16-9(2)19(15)18-12/h10-11H,3-8H2,1-2H3. The van der Waals surface area contributed by atoms with Gasteiger partial charge in [0.1, 0.15) is 0 Å². The van der Waals surface area contributed by atoms with Crippen molar-refractivity contribution in [2.75, 3.05) is 0 Å². The molecule has 0 N–H and O–H groups in total. The Kier molecular flexibility index (Phi) is 2.41. The summed E-state index contributed by atoms with van der Waals surface area (Å²) < 4.78 is 1.98. The molecule has 0 aromatic carbocycles. The van der Waals surface area contributed by atoms with Gasteiger partial charge in [-0.25, -0.2) is 0 Å². The molecule has 19 heavy (non-hydrogen) atoms. The SMILES string of the molecule is CCCc1nn2c(C)nnc2c2c1C1CCC2CC1. The lowest BCUT2D eigenvalue weighted by Crippen LogP contribution is -2.26. The van der Waals surface area contributed by atoms with Crippen LogP contribution in [0.2, 0.25) is 0 Å². The molecule has 0 spiro atoms. The van der Waals surface area contributed by atoms with Gasteiger partial charge >= 0.3 is 0 Å². The maximum absolute atomic E-state index is 4.85. The summed E-state index contributed by atoms with van der Waals surface area (Å²) in [6.07, 6.45) is 7.59. The fourth-order valence-corrected chi connectivity index (χ4v) is 4.05. The second-order valence-electron chi connectivity index (χ2n) is 6.06. The molecule has 3 aliphatic rings. The van der Waals surface area contributed by atoms with Crippen molar-refractivity contribution in [3.63, 3.8) is 0 Å². The average molecular weight is 256 g/mol. The highest BCUT2D eigenvalue weighted by molar-refractivity contribution is 5.57. The highest BCUT2D eigenvalue weighted by Crippen LogP contribution is 2.51. The molecule has 2 bridgehead atoms. The highest BCUT2D eigenvalue weighted by atomic mass is 15.4. The van der Waals surface area contributed by atoms with E-state index in [1.165, 1.54) is 36.9 Å². The molecule has 0 radical (unpaired) electrons. The maximum Gasteiger partial charge on any atom is 0.181 e. The molecular weight excluding hydrogens is 236 g/mol. The smallest absolute Gasteiger partial charge is 0.181 e. The summed E-state index contributed by atoms with van der Waals surface area (Å²) in [5.41, 5.74) is 5.37. The van der Waals surface area contributed by atoms with Gasteiger partial charge < -0.3 is 0 Å². The molecule has 2 aromatic rings. The lowest BCUT2D eigenvalue weighted by atomic mass is 9.66. The van der Waals surface area contributed by atoms with Crippen LogP contribution in [0.15, 0.2) is 0 Å². The zero-order valence-corrected chi connectivity index (χ0v) is 11.7. The normalized spacial score (nSPS) is 24.9. The summed E-state index contributed by atoms with van der Waals surface area (Å²) in [6, 6.07) is 0. The van der Waals surface area contributed by atoms with Gasteiger partial charge in [-0.05, 0) is 56.4 Å². The van der Waals surface area contributed by atoms with Crippen molar-refractivity contribution in [3.8, 4) is 0 Å². The minimum absolute atomic E-state index is 0.699. The summed E-state index contributed by atoms with van der Waals surface area (Å²) in [5, 5.41) is 13.5. The Morgan fingerprint density at radius 2 is 1.74 bits per heavy atom. The lowest BCUT2D eigenvalue weighted by molar-refractivity contribution is 0.354. The van der Waals surface area contributed by atoms with Gasteiger partial charge in [0, 0.05) is 5.56 Å². The first-order valence-electron chi connectivity index (χ1n) is 7.54. The van der Waals surface area contributed by atoms with E-state index in [0.717, 1.165) is 30.2 Å². The number of hydrogen-bond acceptors (Lipinski definition) is 3. The molecule has 0 saturated heterocycles. The Morgan fingerprint density at radius 3 is 2.42 bits per heavy atom. The first kappa shape index (κ1) is 11.4. The van der Waals surface area contributed by atoms with Crippen molar-refractivity contribution in [2.24, 2.45) is 0 Å². The van der Waals surface area contributed by atoms with E-state index in [0.29, 0.717) is 5.92 Å². The molecule has 0 atom stereocenters. The number of rotatable bonds is 2. The highest BCUT2D eigenvalue weighted by Gasteiger charge is 2.37. The summed E-state index contributed by atoms with van der Waals surface area (Å²) >= 11 is 0. The van der Waals surface area contributed by atoms with Crippen LogP contribution in [0.5, 0.6) is 0 Å². The zero-order valence-electron chi connectivity index (χ0n) is 11.7. The van der Waals surface area contributed by atoms with Crippen LogP contribution in [0.25, 0.3) is 5.65 Å². The number of aromatic nitrogens is 4. The quantitative estimate of drug-likeness (QED) is 0.829. The van der Waals surface area contributed by atoms with Crippen LogP contribution in [-0.2, 0) is 6.42 Å². The van der Waals surface area contributed by atoms with E-state index in [9.17, 15) is 0 Å². The number of fused-ring (bicyclic) bond motifs is 3. The molecule has 0 unspecified atom stereocenters. The fraction of sp³-hybridized carbons (Fsp3) is 0.667. The molecule has 2 aromatic heterocycles. The number of nitrogens with zero attached hydrogens (tertiary/aromatic N) is 4. The Hall–Kier alpha value is -1.45. The van der Waals surface area contributed by atoms with Crippen molar-refractivity contribution in [3.05, 3.63) is 22.6 Å². The molecule has 2 heterocycles. The second-order valence-corrected chi connectivity index (χ2v) is 6.06. The number of hydrogen-bond donors (Lipinski definition) is 0. The third-order valence-electron chi connectivity index (χ3n) is 4.89. The van der Waals surface area contributed by atoms with Crippen LogP contribution < -0.4 is 0 Å². The van der Waals surface area contributed by atoms with Crippen molar-refractivity contribution >= 4 is 5.65 Å². The molecule has 0 amide bonds. The number of aryl methyl sites for hydroxylation is 2. The van der Waals surface area contributed by atoms with Crippen molar-refractivity contribution in [2.45, 2.75) is 64.2 Å². The summed E-state index contributed by atoms with van der Waals surface area (Å²) in [5.74, 6) is 2.34. The molecule has 4 nitrogen and oxygen atoms in total. The molecule has 1 saturated carbocycles. The predicted molar refractivity (Wildman–Crippen MR) is 73.5 cm³/mol. The molecule has 100 valence electrons. The van der Waals surface area contributed by atoms with Gasteiger partial charge in [0.2, 0.25) is 0 Å². The van der Waals surface area contributed by atoms with E-state index < -0.39 is 0 Å². The Balaban J connectivity index is 2.06. The van der Waals surface area contributed by atoms with Gasteiger partial charge in [0.05, 0.1) is 5.69 Å². The molecule has 4 heteroatoms. The van der Waals surface area contributed by atoms with Gasteiger partial charge in [-0.3, -0.25) is 0 Å². The van der Waals surface area contributed by atoms with Gasteiger partial charge in [-0.1, -0.05) is 13.3 Å². The van der Waals surface area contributed by atoms with Crippen molar-refractivity contribution in [1.82, 2.24) is 19.8 Å². The molecular formula is C15H20N4. The van der Waals surface area contributed by atoms with E-state index in [1.807, 2.05) is 11.4 Å². The average Bonchev–Trinajstić information content (AvgIpc) is 2.82. The summed E-state index contributed by atoms with van der Waals surface area (Å²) in [7, 11) is 0.